The van der Waals surface area contributed by atoms with Crippen molar-refractivity contribution in [1.82, 2.24) is 4.90 Å². The second-order valence-corrected chi connectivity index (χ2v) is 6.58. The summed E-state index contributed by atoms with van der Waals surface area (Å²) < 4.78 is 5.34. The zero-order chi connectivity index (χ0) is 12.5. The normalized spacial score (nSPS) is 25.6. The lowest BCUT2D eigenvalue weighted by Crippen LogP contribution is -2.43. The number of amides is 1. The highest BCUT2D eigenvalue weighted by Crippen LogP contribution is 2.25. The van der Waals surface area contributed by atoms with E-state index in [4.69, 9.17) is 9.84 Å². The number of rotatable bonds is 1. The molecule has 1 saturated heterocycles. The molecular formula is C10H16INO4. The number of alkyl halides is 1. The Kier molecular flexibility index (Phi) is 4.03. The van der Waals surface area contributed by atoms with Crippen LogP contribution >= 0.6 is 22.6 Å². The third-order valence-electron chi connectivity index (χ3n) is 2.16. The predicted octanol–water partition coefficient (Wildman–Crippen LogP) is 1.88. The number of carbonyl (C=O) groups excluding carboxylic acids is 1. The van der Waals surface area contributed by atoms with Crippen LogP contribution in [-0.2, 0) is 9.53 Å². The quantitative estimate of drug-likeness (QED) is 0.584. The molecule has 92 valence electrons. The largest absolute Gasteiger partial charge is 0.480 e. The van der Waals surface area contributed by atoms with Crippen LogP contribution in [0.4, 0.5) is 4.79 Å². The van der Waals surface area contributed by atoms with Crippen LogP contribution in [0.2, 0.25) is 0 Å². The molecule has 0 bridgehead atoms. The van der Waals surface area contributed by atoms with E-state index in [1.165, 1.54) is 4.90 Å². The molecule has 1 aliphatic heterocycles. The highest BCUT2D eigenvalue weighted by molar-refractivity contribution is 14.1. The minimum Gasteiger partial charge on any atom is -0.480 e. The topological polar surface area (TPSA) is 66.8 Å². The van der Waals surface area contributed by atoms with Crippen LogP contribution in [0.25, 0.3) is 0 Å². The van der Waals surface area contributed by atoms with Gasteiger partial charge in [-0.3, -0.25) is 4.90 Å². The van der Waals surface area contributed by atoms with Crippen molar-refractivity contribution in [3.63, 3.8) is 0 Å². The van der Waals surface area contributed by atoms with Crippen LogP contribution in [-0.4, -0.2) is 44.2 Å². The molecule has 16 heavy (non-hydrogen) atoms. The van der Waals surface area contributed by atoms with Crippen LogP contribution in [0.15, 0.2) is 0 Å². The summed E-state index contributed by atoms with van der Waals surface area (Å²) in [7, 11) is 0. The van der Waals surface area contributed by atoms with Crippen LogP contribution in [0, 0.1) is 0 Å². The van der Waals surface area contributed by atoms with E-state index in [0.717, 1.165) is 0 Å². The molecular weight excluding hydrogens is 325 g/mol. The van der Waals surface area contributed by atoms with Crippen LogP contribution in [0.1, 0.15) is 27.2 Å². The fourth-order valence-electron chi connectivity index (χ4n) is 1.54. The number of aliphatic carboxylic acids is 1. The molecule has 1 amide bonds. The minimum atomic E-state index is -0.968. The predicted molar refractivity (Wildman–Crippen MR) is 66.8 cm³/mol. The first kappa shape index (κ1) is 13.5. The molecule has 0 aromatic carbocycles. The maximum Gasteiger partial charge on any atom is 0.411 e. The first-order chi connectivity index (χ1) is 7.20. The number of carboxylic acid groups (broad SMARTS) is 1. The molecule has 1 fully saturated rings. The molecule has 1 rings (SSSR count). The van der Waals surface area contributed by atoms with Crippen molar-refractivity contribution in [3.8, 4) is 0 Å². The van der Waals surface area contributed by atoms with E-state index < -0.39 is 23.7 Å². The van der Waals surface area contributed by atoms with Gasteiger partial charge in [-0.25, -0.2) is 9.59 Å². The first-order valence-corrected chi connectivity index (χ1v) is 6.32. The summed E-state index contributed by atoms with van der Waals surface area (Å²) in [6, 6.07) is -0.753. The highest BCUT2D eigenvalue weighted by atomic mass is 127. The molecule has 6 heteroatoms. The van der Waals surface area contributed by atoms with E-state index in [0.29, 0.717) is 13.0 Å². The van der Waals surface area contributed by atoms with Gasteiger partial charge < -0.3 is 9.84 Å². The van der Waals surface area contributed by atoms with E-state index in [1.54, 1.807) is 20.8 Å². The molecule has 0 radical (unpaired) electrons. The van der Waals surface area contributed by atoms with Gasteiger partial charge >= 0.3 is 12.1 Å². The molecule has 0 saturated carbocycles. The minimum absolute atomic E-state index is 0.172. The van der Waals surface area contributed by atoms with E-state index >= 15 is 0 Å². The third kappa shape index (κ3) is 3.50. The number of likely N-dealkylation sites (tertiary alicyclic amines) is 1. The van der Waals surface area contributed by atoms with Crippen molar-refractivity contribution in [2.75, 3.05) is 6.54 Å². The van der Waals surface area contributed by atoms with Gasteiger partial charge in [0.05, 0.1) is 0 Å². The van der Waals surface area contributed by atoms with Crippen molar-refractivity contribution in [2.45, 2.75) is 42.8 Å². The Hall–Kier alpha value is -0.530. The summed E-state index contributed by atoms with van der Waals surface area (Å²) in [4.78, 5) is 24.0. The molecule has 0 unspecified atom stereocenters. The van der Waals surface area contributed by atoms with Gasteiger partial charge in [0.1, 0.15) is 11.6 Å². The van der Waals surface area contributed by atoms with Crippen molar-refractivity contribution in [2.24, 2.45) is 0 Å². The van der Waals surface area contributed by atoms with E-state index in [-0.39, 0.29) is 3.92 Å². The van der Waals surface area contributed by atoms with Crippen molar-refractivity contribution in [1.29, 1.82) is 0 Å². The molecule has 1 heterocycles. The van der Waals surface area contributed by atoms with Crippen molar-refractivity contribution in [3.05, 3.63) is 0 Å². The van der Waals surface area contributed by atoms with Crippen LogP contribution in [0.5, 0.6) is 0 Å². The maximum atomic E-state index is 11.8. The van der Waals surface area contributed by atoms with Gasteiger partial charge in [0.15, 0.2) is 0 Å². The Balaban J connectivity index is 2.71. The zero-order valence-electron chi connectivity index (χ0n) is 9.57. The molecule has 0 aromatic heterocycles. The first-order valence-electron chi connectivity index (χ1n) is 5.07. The van der Waals surface area contributed by atoms with E-state index in [9.17, 15) is 9.59 Å². The Labute approximate surface area is 108 Å². The Morgan fingerprint density at radius 3 is 2.44 bits per heavy atom. The van der Waals surface area contributed by atoms with Gasteiger partial charge in [0.25, 0.3) is 0 Å². The molecule has 1 N–H and O–H groups in total. The van der Waals surface area contributed by atoms with Gasteiger partial charge in [0.2, 0.25) is 0 Å². The lowest BCUT2D eigenvalue weighted by molar-refractivity contribution is -0.142. The van der Waals surface area contributed by atoms with Gasteiger partial charge in [0, 0.05) is 10.5 Å². The average Bonchev–Trinajstić information content (AvgIpc) is 2.44. The summed E-state index contributed by atoms with van der Waals surface area (Å²) >= 11 is 2.15. The summed E-state index contributed by atoms with van der Waals surface area (Å²) in [5, 5.41) is 9.00. The number of halogens is 1. The van der Waals surface area contributed by atoms with E-state index in [1.807, 2.05) is 0 Å². The SMILES string of the molecule is CC(C)(C)OC(=O)N1C[C@H](I)C[C@H]1C(=O)O. The highest BCUT2D eigenvalue weighted by Gasteiger charge is 2.40. The van der Waals surface area contributed by atoms with Crippen LogP contribution < -0.4 is 0 Å². The summed E-state index contributed by atoms with van der Waals surface area (Å²) in [6.45, 7) is 5.72. The lowest BCUT2D eigenvalue weighted by atomic mass is 10.2. The average molecular weight is 341 g/mol. The fraction of sp³-hybridized carbons (Fsp3) is 0.800. The Bertz CT molecular complexity index is 300. The molecule has 1 aliphatic rings. The number of carbonyl (C=O) groups is 2. The van der Waals surface area contributed by atoms with Gasteiger partial charge in [-0.1, -0.05) is 22.6 Å². The maximum absolute atomic E-state index is 11.8. The number of ether oxygens (including phenoxy) is 1. The lowest BCUT2D eigenvalue weighted by Gasteiger charge is -2.26. The number of carboxylic acids is 1. The van der Waals surface area contributed by atoms with Crippen LogP contribution in [0.3, 0.4) is 0 Å². The van der Waals surface area contributed by atoms with Crippen molar-refractivity contribution >= 4 is 34.7 Å². The summed E-state index contributed by atoms with van der Waals surface area (Å²) in [5.41, 5.74) is -0.594. The van der Waals surface area contributed by atoms with E-state index in [2.05, 4.69) is 22.6 Å². The molecule has 2 atom stereocenters. The standard InChI is InChI=1S/C10H16INO4/c1-10(2,3)16-9(15)12-5-6(11)4-7(12)8(13)14/h6-7H,4-5H2,1-3H3,(H,13,14)/t6-,7+/m1/s1. The fourth-order valence-corrected chi connectivity index (χ4v) is 2.45. The summed E-state index contributed by atoms with van der Waals surface area (Å²) in [6.07, 6.45) is -0.0612. The smallest absolute Gasteiger partial charge is 0.411 e. The Morgan fingerprint density at radius 1 is 1.44 bits per heavy atom. The monoisotopic (exact) mass is 341 g/mol. The number of hydrogen-bond donors (Lipinski definition) is 1. The second kappa shape index (κ2) is 4.77. The molecule has 5 nitrogen and oxygen atoms in total. The molecule has 0 aromatic rings. The third-order valence-corrected chi connectivity index (χ3v) is 3.07. The molecule has 0 spiro atoms. The zero-order valence-corrected chi connectivity index (χ0v) is 11.7. The number of nitrogens with zero attached hydrogens (tertiary/aromatic N) is 1. The van der Waals surface area contributed by atoms with Crippen molar-refractivity contribution < 1.29 is 19.4 Å². The second-order valence-electron chi connectivity index (χ2n) is 4.82. The van der Waals surface area contributed by atoms with Gasteiger partial charge in [-0.15, -0.1) is 0 Å². The summed E-state index contributed by atoms with van der Waals surface area (Å²) in [5.74, 6) is -0.968. The Morgan fingerprint density at radius 2 is 2.00 bits per heavy atom. The molecule has 0 aliphatic carbocycles. The van der Waals surface area contributed by atoms with Gasteiger partial charge in [-0.2, -0.15) is 0 Å². The van der Waals surface area contributed by atoms with Gasteiger partial charge in [-0.05, 0) is 27.2 Å². The number of hydrogen-bond acceptors (Lipinski definition) is 3.